The van der Waals surface area contributed by atoms with Crippen molar-refractivity contribution in [3.63, 3.8) is 0 Å². The maximum Gasteiger partial charge on any atom is 0.152 e. The second-order valence-corrected chi connectivity index (χ2v) is 3.81. The number of aliphatic imine (C=N–C) groups is 1. The standard InChI is InChI=1S/C11H13ClN2O/c1-3-15-10-5-9-8(4-7(10)2)11(12)14-6-13-9/h4-6,11H,3H2,1-2H3,(H,13,14). The molecule has 1 N–H and O–H groups in total. The summed E-state index contributed by atoms with van der Waals surface area (Å²) in [6.07, 6.45) is 1.62. The van der Waals surface area contributed by atoms with Gasteiger partial charge >= 0.3 is 0 Å². The number of nitrogens with one attached hydrogen (secondary N) is 1. The molecule has 0 bridgehead atoms. The van der Waals surface area contributed by atoms with Gasteiger partial charge in [-0.05, 0) is 25.5 Å². The van der Waals surface area contributed by atoms with E-state index >= 15 is 0 Å². The summed E-state index contributed by atoms with van der Waals surface area (Å²) >= 11 is 6.07. The van der Waals surface area contributed by atoms with Crippen LogP contribution in [0.3, 0.4) is 0 Å². The van der Waals surface area contributed by atoms with Gasteiger partial charge in [-0.3, -0.25) is 4.99 Å². The van der Waals surface area contributed by atoms with Crippen molar-refractivity contribution < 1.29 is 4.74 Å². The fourth-order valence-corrected chi connectivity index (χ4v) is 1.83. The first-order valence-corrected chi connectivity index (χ1v) is 5.35. The number of nitrogens with zero attached hydrogens (tertiary/aromatic N) is 1. The van der Waals surface area contributed by atoms with Crippen LogP contribution >= 0.6 is 11.6 Å². The molecule has 0 spiro atoms. The van der Waals surface area contributed by atoms with E-state index in [9.17, 15) is 0 Å². The lowest BCUT2D eigenvalue weighted by molar-refractivity contribution is 0.338. The summed E-state index contributed by atoms with van der Waals surface area (Å²) in [5.41, 5.74) is 2.76. The van der Waals surface area contributed by atoms with Crippen LogP contribution in [0.15, 0.2) is 17.1 Å². The first kappa shape index (κ1) is 10.3. The number of benzene rings is 1. The average molecular weight is 225 g/mol. The Hall–Kier alpha value is -1.22. The van der Waals surface area contributed by atoms with Crippen LogP contribution in [0.5, 0.6) is 5.75 Å². The Labute approximate surface area is 94.1 Å². The van der Waals surface area contributed by atoms with Crippen LogP contribution in [0.25, 0.3) is 0 Å². The fraction of sp³-hybridized carbons (Fsp3) is 0.364. The summed E-state index contributed by atoms with van der Waals surface area (Å²) in [5, 5.41) is 3.06. The average Bonchev–Trinajstić information content (AvgIpc) is 2.21. The van der Waals surface area contributed by atoms with Crippen molar-refractivity contribution >= 4 is 23.6 Å². The van der Waals surface area contributed by atoms with Crippen molar-refractivity contribution in [2.75, 3.05) is 11.9 Å². The number of alkyl halides is 1. The van der Waals surface area contributed by atoms with Gasteiger partial charge in [0.05, 0.1) is 12.9 Å². The highest BCUT2D eigenvalue weighted by molar-refractivity contribution is 6.22. The number of ether oxygens (including phenoxy) is 1. The molecule has 1 aromatic rings. The van der Waals surface area contributed by atoms with Gasteiger partial charge in [0.25, 0.3) is 0 Å². The van der Waals surface area contributed by atoms with Crippen LogP contribution in [-0.2, 0) is 0 Å². The van der Waals surface area contributed by atoms with E-state index in [1.54, 1.807) is 6.34 Å². The summed E-state index contributed by atoms with van der Waals surface area (Å²) < 4.78 is 5.51. The van der Waals surface area contributed by atoms with Crippen LogP contribution in [-0.4, -0.2) is 12.9 Å². The van der Waals surface area contributed by atoms with Gasteiger partial charge in [0, 0.05) is 17.3 Å². The highest BCUT2D eigenvalue weighted by Crippen LogP contribution is 2.36. The van der Waals surface area contributed by atoms with Crippen LogP contribution < -0.4 is 10.1 Å². The number of hydrogen-bond acceptors (Lipinski definition) is 3. The maximum atomic E-state index is 6.07. The van der Waals surface area contributed by atoms with E-state index in [0.717, 1.165) is 22.6 Å². The molecule has 1 heterocycles. The number of fused-ring (bicyclic) bond motifs is 1. The highest BCUT2D eigenvalue weighted by Gasteiger charge is 2.16. The van der Waals surface area contributed by atoms with Crippen molar-refractivity contribution in [1.82, 2.24) is 0 Å². The van der Waals surface area contributed by atoms with Crippen LogP contribution in [0, 0.1) is 6.92 Å². The molecule has 80 valence electrons. The molecule has 3 nitrogen and oxygen atoms in total. The maximum absolute atomic E-state index is 6.07. The SMILES string of the molecule is CCOc1cc2c(cc1C)C(Cl)N=CN2. The van der Waals surface area contributed by atoms with E-state index in [0.29, 0.717) is 6.61 Å². The van der Waals surface area contributed by atoms with Crippen LogP contribution in [0.2, 0.25) is 0 Å². The Morgan fingerprint density at radius 1 is 1.53 bits per heavy atom. The topological polar surface area (TPSA) is 33.6 Å². The minimum atomic E-state index is -0.296. The van der Waals surface area contributed by atoms with Crippen LogP contribution in [0.1, 0.15) is 23.6 Å². The molecule has 1 aromatic carbocycles. The highest BCUT2D eigenvalue weighted by atomic mass is 35.5. The van der Waals surface area contributed by atoms with Gasteiger partial charge in [0.2, 0.25) is 0 Å². The Morgan fingerprint density at radius 2 is 2.33 bits per heavy atom. The monoisotopic (exact) mass is 224 g/mol. The Kier molecular flexibility index (Phi) is 2.82. The molecule has 1 aliphatic heterocycles. The molecule has 0 aromatic heterocycles. The van der Waals surface area contributed by atoms with Gasteiger partial charge in [0.1, 0.15) is 5.75 Å². The lowest BCUT2D eigenvalue weighted by Crippen LogP contribution is -2.08. The van der Waals surface area contributed by atoms with E-state index < -0.39 is 0 Å². The number of hydrogen-bond donors (Lipinski definition) is 1. The number of aryl methyl sites for hydroxylation is 1. The number of rotatable bonds is 2. The van der Waals surface area contributed by atoms with Gasteiger partial charge in [-0.1, -0.05) is 11.6 Å². The molecule has 0 radical (unpaired) electrons. The molecule has 1 atom stereocenters. The predicted octanol–water partition coefficient (Wildman–Crippen LogP) is 3.08. The van der Waals surface area contributed by atoms with Crippen molar-refractivity contribution in [2.45, 2.75) is 19.3 Å². The lowest BCUT2D eigenvalue weighted by atomic mass is 10.1. The van der Waals surface area contributed by atoms with Gasteiger partial charge in [0.15, 0.2) is 5.50 Å². The fourth-order valence-electron chi connectivity index (χ4n) is 1.60. The molecule has 4 heteroatoms. The summed E-state index contributed by atoms with van der Waals surface area (Å²) in [7, 11) is 0. The molecule has 0 saturated carbocycles. The zero-order chi connectivity index (χ0) is 10.8. The third-order valence-electron chi connectivity index (χ3n) is 2.33. The third-order valence-corrected chi connectivity index (χ3v) is 2.68. The number of halogens is 1. The second kappa shape index (κ2) is 4.11. The molecular weight excluding hydrogens is 212 g/mol. The van der Waals surface area contributed by atoms with Crippen molar-refractivity contribution in [3.05, 3.63) is 23.3 Å². The summed E-state index contributed by atoms with van der Waals surface area (Å²) in [6.45, 7) is 4.64. The summed E-state index contributed by atoms with van der Waals surface area (Å²) in [6, 6.07) is 3.98. The Bertz CT molecular complexity index is 404. The molecule has 1 aliphatic rings. The van der Waals surface area contributed by atoms with Gasteiger partial charge in [-0.15, -0.1) is 0 Å². The van der Waals surface area contributed by atoms with E-state index in [1.165, 1.54) is 0 Å². The summed E-state index contributed by atoms with van der Waals surface area (Å²) in [4.78, 5) is 4.08. The summed E-state index contributed by atoms with van der Waals surface area (Å²) in [5.74, 6) is 0.892. The Balaban J connectivity index is 2.42. The van der Waals surface area contributed by atoms with Crippen molar-refractivity contribution in [1.29, 1.82) is 0 Å². The number of anilines is 1. The minimum absolute atomic E-state index is 0.296. The molecule has 0 saturated heterocycles. The first-order chi connectivity index (χ1) is 7.22. The predicted molar refractivity (Wildman–Crippen MR) is 63.1 cm³/mol. The third kappa shape index (κ3) is 1.92. The molecule has 1 unspecified atom stereocenters. The second-order valence-electron chi connectivity index (χ2n) is 3.40. The van der Waals surface area contributed by atoms with E-state index in [-0.39, 0.29) is 5.50 Å². The Morgan fingerprint density at radius 3 is 3.07 bits per heavy atom. The largest absolute Gasteiger partial charge is 0.494 e. The zero-order valence-electron chi connectivity index (χ0n) is 8.75. The molecular formula is C11H13ClN2O. The van der Waals surface area contributed by atoms with E-state index in [1.807, 2.05) is 26.0 Å². The lowest BCUT2D eigenvalue weighted by Gasteiger charge is -2.19. The van der Waals surface area contributed by atoms with E-state index in [2.05, 4.69) is 10.3 Å². The van der Waals surface area contributed by atoms with Gasteiger partial charge in [-0.25, -0.2) is 0 Å². The first-order valence-electron chi connectivity index (χ1n) is 4.92. The minimum Gasteiger partial charge on any atom is -0.494 e. The zero-order valence-corrected chi connectivity index (χ0v) is 9.51. The molecule has 0 amide bonds. The van der Waals surface area contributed by atoms with E-state index in [4.69, 9.17) is 16.3 Å². The van der Waals surface area contributed by atoms with Gasteiger partial charge < -0.3 is 10.1 Å². The van der Waals surface area contributed by atoms with Crippen molar-refractivity contribution in [3.8, 4) is 5.75 Å². The molecule has 15 heavy (non-hydrogen) atoms. The molecule has 0 fully saturated rings. The van der Waals surface area contributed by atoms with Crippen molar-refractivity contribution in [2.24, 2.45) is 4.99 Å². The molecule has 0 aliphatic carbocycles. The smallest absolute Gasteiger partial charge is 0.152 e. The van der Waals surface area contributed by atoms with Crippen LogP contribution in [0.4, 0.5) is 5.69 Å². The normalized spacial score (nSPS) is 18.2. The van der Waals surface area contributed by atoms with Gasteiger partial charge in [-0.2, -0.15) is 0 Å². The quantitative estimate of drug-likeness (QED) is 0.619. The molecule has 2 rings (SSSR count).